The minimum absolute atomic E-state index is 0.302. The first-order valence-electron chi connectivity index (χ1n) is 16.0. The van der Waals surface area contributed by atoms with Crippen molar-refractivity contribution in [2.24, 2.45) is 0 Å². The van der Waals surface area contributed by atoms with Gasteiger partial charge in [-0.3, -0.25) is 0 Å². The summed E-state index contributed by atoms with van der Waals surface area (Å²) in [5.41, 5.74) is 0. The van der Waals surface area contributed by atoms with Gasteiger partial charge in [-0.25, -0.2) is 0 Å². The normalized spacial score (nSPS) is 11.0. The van der Waals surface area contributed by atoms with Crippen LogP contribution in [-0.2, 0) is 34.9 Å². The minimum Gasteiger partial charge on any atom is -0.0654 e. The van der Waals surface area contributed by atoms with E-state index in [0.29, 0.717) is 17.3 Å². The molecule has 0 saturated heterocycles. The molecule has 0 amide bonds. The second-order valence-electron chi connectivity index (χ2n) is 10.8. The van der Waals surface area contributed by atoms with E-state index >= 15 is 0 Å². The van der Waals surface area contributed by atoms with Crippen molar-refractivity contribution in [3.63, 3.8) is 0 Å². The Morgan fingerprint density at radius 3 is 1.08 bits per heavy atom. The average Bonchev–Trinajstić information content (AvgIpc) is 2.90. The number of carbonyl (C=O) groups excluding carboxylic acids is 2. The monoisotopic (exact) mass is 564 g/mol. The Bertz CT molecular complexity index is 535. The summed E-state index contributed by atoms with van der Waals surface area (Å²) in [5.74, 6) is -1.07. The molecule has 0 radical (unpaired) electrons. The molecule has 0 aromatic rings. The van der Waals surface area contributed by atoms with Crippen molar-refractivity contribution < 1.29 is 34.9 Å². The molecule has 0 aliphatic carbocycles. The second kappa shape index (κ2) is 29.9. The van der Waals surface area contributed by atoms with Crippen LogP contribution in [0.5, 0.6) is 0 Å². The second-order valence-corrected chi connectivity index (χ2v) is 11.5. The van der Waals surface area contributed by atoms with E-state index in [0.717, 1.165) is 32.1 Å². The van der Waals surface area contributed by atoms with Crippen LogP contribution in [0.2, 0.25) is 0 Å². The molecule has 4 nitrogen and oxygen atoms in total. The van der Waals surface area contributed by atoms with Gasteiger partial charge in [0.15, 0.2) is 0 Å². The van der Waals surface area contributed by atoms with Crippen LogP contribution in [0.15, 0.2) is 0 Å². The Kier molecular flexibility index (Phi) is 29.3. The number of rotatable bonds is 28. The maximum atomic E-state index is 12.0. The molecule has 0 unspecified atom stereocenters. The summed E-state index contributed by atoms with van der Waals surface area (Å²) in [4.78, 5) is 33.2. The molecule has 0 rings (SSSR count). The summed E-state index contributed by atoms with van der Waals surface area (Å²) in [5, 5.41) is 0. The molecule has 5 heteroatoms. The molecular formula is C32H60FeO4. The molecule has 0 saturated carbocycles. The van der Waals surface area contributed by atoms with Gasteiger partial charge in [-0.1, -0.05) is 71.6 Å². The topological polar surface area (TPSA) is 52.6 Å². The van der Waals surface area contributed by atoms with E-state index in [9.17, 15) is 9.59 Å². The summed E-state index contributed by atoms with van der Waals surface area (Å²) >= 11 is 3.79. The Morgan fingerprint density at radius 1 is 0.432 bits per heavy atom. The van der Waals surface area contributed by atoms with Crippen LogP contribution in [-0.4, -0.2) is 16.4 Å². The van der Waals surface area contributed by atoms with Crippen molar-refractivity contribution in [3.8, 4) is 0 Å². The van der Waals surface area contributed by atoms with Crippen molar-refractivity contribution in [2.45, 2.75) is 187 Å². The summed E-state index contributed by atoms with van der Waals surface area (Å²) < 4.78 is 0.390. The van der Waals surface area contributed by atoms with E-state index in [4.69, 9.17) is 9.78 Å². The SMILES string of the molecule is CCCCCCCCCCCCCCCC(=O)OOC(=O)[C](=[Fe])CCCCCCCCCCCCCC. The van der Waals surface area contributed by atoms with E-state index in [-0.39, 0.29) is 0 Å². The number of hydrogen-bond acceptors (Lipinski definition) is 4. The molecule has 0 aliphatic rings. The van der Waals surface area contributed by atoms with Gasteiger partial charge in [0.05, 0.1) is 0 Å². The van der Waals surface area contributed by atoms with Crippen LogP contribution in [0.1, 0.15) is 187 Å². The van der Waals surface area contributed by atoms with E-state index in [1.807, 2.05) is 0 Å². The van der Waals surface area contributed by atoms with Crippen LogP contribution in [0.3, 0.4) is 0 Å². The smallest absolute Gasteiger partial charge is 0.0654 e. The van der Waals surface area contributed by atoms with Crippen molar-refractivity contribution >= 4 is 16.4 Å². The predicted octanol–water partition coefficient (Wildman–Crippen LogP) is 10.3. The van der Waals surface area contributed by atoms with Gasteiger partial charge in [0, 0.05) is 0 Å². The quantitative estimate of drug-likeness (QED) is 0.0411. The first kappa shape index (κ1) is 36.3. The summed E-state index contributed by atoms with van der Waals surface area (Å²) in [7, 11) is 0. The molecule has 0 aromatic carbocycles. The third kappa shape index (κ3) is 28.2. The van der Waals surface area contributed by atoms with E-state index in [1.165, 1.54) is 128 Å². The molecule has 0 aromatic heterocycles. The van der Waals surface area contributed by atoms with Gasteiger partial charge >= 0.3 is 167 Å². The van der Waals surface area contributed by atoms with Crippen LogP contribution in [0.4, 0.5) is 0 Å². The van der Waals surface area contributed by atoms with Crippen molar-refractivity contribution in [2.75, 3.05) is 0 Å². The zero-order valence-corrected chi connectivity index (χ0v) is 25.7. The molecular weight excluding hydrogens is 504 g/mol. The number of unbranched alkanes of at least 4 members (excludes halogenated alkanes) is 23. The molecule has 0 fully saturated rings. The van der Waals surface area contributed by atoms with Crippen molar-refractivity contribution in [3.05, 3.63) is 0 Å². The average molecular weight is 565 g/mol. The van der Waals surface area contributed by atoms with Crippen LogP contribution < -0.4 is 0 Å². The van der Waals surface area contributed by atoms with Gasteiger partial charge in [-0.15, -0.1) is 0 Å². The van der Waals surface area contributed by atoms with Gasteiger partial charge in [-0.2, -0.15) is 0 Å². The van der Waals surface area contributed by atoms with Crippen LogP contribution in [0.25, 0.3) is 0 Å². The Balaban J connectivity index is 3.43. The van der Waals surface area contributed by atoms with Gasteiger partial charge in [0.1, 0.15) is 0 Å². The third-order valence-electron chi connectivity index (χ3n) is 7.15. The summed E-state index contributed by atoms with van der Waals surface area (Å²) in [6.45, 7) is 4.52. The fraction of sp³-hybridized carbons (Fsp3) is 0.906. The Morgan fingerprint density at radius 2 is 0.730 bits per heavy atom. The fourth-order valence-electron chi connectivity index (χ4n) is 4.68. The standard InChI is InChI=1S/C32H60O4.Fe/c1-3-5-7-9-11-13-15-17-19-21-23-25-27-29-31(33)35-36-32(34)30-28-26-24-22-20-18-16-14-12-10-8-6-4-2;/h3-29H2,1-2H3;. The molecule has 220 valence electrons. The molecule has 0 atom stereocenters. The summed E-state index contributed by atoms with van der Waals surface area (Å²) in [6, 6.07) is 0. The van der Waals surface area contributed by atoms with Crippen LogP contribution >= 0.6 is 0 Å². The number of carbonyl (C=O) groups is 2. The zero-order chi connectivity index (χ0) is 27.2. The maximum absolute atomic E-state index is 12.0. The zero-order valence-electron chi connectivity index (χ0n) is 24.6. The Hall–Kier alpha value is -0.671. The van der Waals surface area contributed by atoms with Gasteiger partial charge in [0.2, 0.25) is 0 Å². The number of hydrogen-bond donors (Lipinski definition) is 0. The van der Waals surface area contributed by atoms with Gasteiger partial charge in [-0.05, 0) is 0 Å². The molecule has 0 N–H and O–H groups in total. The van der Waals surface area contributed by atoms with E-state index in [1.54, 1.807) is 0 Å². The van der Waals surface area contributed by atoms with Crippen molar-refractivity contribution in [1.29, 1.82) is 0 Å². The first-order valence-corrected chi connectivity index (χ1v) is 16.6. The van der Waals surface area contributed by atoms with Gasteiger partial charge in [0.25, 0.3) is 0 Å². The van der Waals surface area contributed by atoms with Crippen molar-refractivity contribution in [1.82, 2.24) is 0 Å². The predicted molar refractivity (Wildman–Crippen MR) is 153 cm³/mol. The third-order valence-corrected chi connectivity index (χ3v) is 7.66. The molecule has 0 aliphatic heterocycles. The minimum atomic E-state index is -0.609. The molecule has 37 heavy (non-hydrogen) atoms. The first-order chi connectivity index (χ1) is 18.1. The molecule has 0 bridgehead atoms. The van der Waals surface area contributed by atoms with Crippen LogP contribution in [0, 0.1) is 0 Å². The summed E-state index contributed by atoms with van der Waals surface area (Å²) in [6.07, 6.45) is 32.7. The van der Waals surface area contributed by atoms with E-state index in [2.05, 4.69) is 29.4 Å². The Labute approximate surface area is 238 Å². The fourth-order valence-corrected chi connectivity index (χ4v) is 4.92. The van der Waals surface area contributed by atoms with E-state index < -0.39 is 11.9 Å². The van der Waals surface area contributed by atoms with Gasteiger partial charge < -0.3 is 0 Å². The molecule has 0 spiro atoms. The molecule has 0 heterocycles.